The number of amides is 2. The highest BCUT2D eigenvalue weighted by Crippen LogP contribution is 2.33. The topological polar surface area (TPSA) is 86.8 Å². The Bertz CT molecular complexity index is 1510. The maximum atomic E-state index is 14.1. The van der Waals surface area contributed by atoms with Crippen LogP contribution in [0.3, 0.4) is 0 Å². The average Bonchev–Trinajstić information content (AvgIpc) is 3.44. The fourth-order valence-corrected chi connectivity index (χ4v) is 6.91. The molecule has 0 bridgehead atoms. The number of rotatable bonds is 10. The summed E-state index contributed by atoms with van der Waals surface area (Å²) < 4.78 is 28.9. The zero-order chi connectivity index (χ0) is 29.7. The van der Waals surface area contributed by atoms with E-state index < -0.39 is 28.5 Å². The maximum Gasteiger partial charge on any atom is 0.264 e. The molecule has 0 aromatic heterocycles. The smallest absolute Gasteiger partial charge is 0.264 e. The van der Waals surface area contributed by atoms with Crippen LogP contribution >= 0.6 is 34.8 Å². The minimum absolute atomic E-state index is 0.0136. The Hall–Kier alpha value is -2.78. The second-order valence-corrected chi connectivity index (χ2v) is 13.4. The molecule has 2 amide bonds. The van der Waals surface area contributed by atoms with Crippen LogP contribution in [0, 0.1) is 6.92 Å². The number of hydrogen-bond acceptors (Lipinski definition) is 4. The van der Waals surface area contributed by atoms with Crippen LogP contribution < -0.4 is 9.62 Å². The highest BCUT2D eigenvalue weighted by molar-refractivity contribution is 7.92. The molecule has 0 heterocycles. The zero-order valence-corrected chi connectivity index (χ0v) is 25.9. The molecule has 3 aromatic rings. The van der Waals surface area contributed by atoms with Gasteiger partial charge in [0, 0.05) is 22.6 Å². The molecule has 1 aliphatic rings. The number of halogens is 3. The van der Waals surface area contributed by atoms with Crippen molar-refractivity contribution in [3.8, 4) is 0 Å². The lowest BCUT2D eigenvalue weighted by atomic mass is 10.1. The summed E-state index contributed by atoms with van der Waals surface area (Å²) >= 11 is 18.9. The lowest BCUT2D eigenvalue weighted by Gasteiger charge is -2.32. The van der Waals surface area contributed by atoms with Gasteiger partial charge in [-0.25, -0.2) is 8.42 Å². The molecule has 11 heteroatoms. The summed E-state index contributed by atoms with van der Waals surface area (Å²) in [6, 6.07) is 16.8. The van der Waals surface area contributed by atoms with Crippen molar-refractivity contribution >= 4 is 62.3 Å². The molecule has 1 N–H and O–H groups in total. The number of anilines is 1. The van der Waals surface area contributed by atoms with Crippen LogP contribution in [-0.2, 0) is 26.2 Å². The first-order valence-electron chi connectivity index (χ1n) is 13.3. The molecule has 3 aromatic carbocycles. The molecule has 0 radical (unpaired) electrons. The van der Waals surface area contributed by atoms with E-state index >= 15 is 0 Å². The maximum absolute atomic E-state index is 14.1. The van der Waals surface area contributed by atoms with E-state index in [1.807, 2.05) is 6.92 Å². The summed E-state index contributed by atoms with van der Waals surface area (Å²) in [7, 11) is -4.26. The highest BCUT2D eigenvalue weighted by atomic mass is 35.5. The molecule has 4 rings (SSSR count). The Kier molecular flexibility index (Phi) is 10.2. The van der Waals surface area contributed by atoms with E-state index in [4.69, 9.17) is 34.8 Å². The molecule has 0 aliphatic heterocycles. The van der Waals surface area contributed by atoms with E-state index in [0.29, 0.717) is 10.6 Å². The van der Waals surface area contributed by atoms with Gasteiger partial charge in [0.05, 0.1) is 15.6 Å². The third-order valence-electron chi connectivity index (χ3n) is 7.18. The van der Waals surface area contributed by atoms with Gasteiger partial charge in [-0.15, -0.1) is 0 Å². The van der Waals surface area contributed by atoms with E-state index in [-0.39, 0.29) is 39.1 Å². The lowest BCUT2D eigenvalue weighted by Crippen LogP contribution is -2.52. The first-order chi connectivity index (χ1) is 19.5. The quantitative estimate of drug-likeness (QED) is 0.271. The van der Waals surface area contributed by atoms with E-state index in [2.05, 4.69) is 5.32 Å². The van der Waals surface area contributed by atoms with Gasteiger partial charge < -0.3 is 10.2 Å². The summed E-state index contributed by atoms with van der Waals surface area (Å²) in [6.07, 6.45) is 3.85. The minimum atomic E-state index is -4.26. The molecule has 41 heavy (non-hydrogen) atoms. The molecule has 0 spiro atoms. The highest BCUT2D eigenvalue weighted by Gasteiger charge is 2.34. The molecule has 1 aliphatic carbocycles. The third kappa shape index (κ3) is 7.74. The van der Waals surface area contributed by atoms with Crippen molar-refractivity contribution in [1.29, 1.82) is 0 Å². The Labute approximate surface area is 256 Å². The fraction of sp³-hybridized carbons (Fsp3) is 0.333. The Balaban J connectivity index is 1.72. The van der Waals surface area contributed by atoms with Crippen LogP contribution in [0.2, 0.25) is 15.1 Å². The SMILES string of the molecule is Cc1ccc(S(=O)(=O)N(CC(=O)N(Cc2cccc(Cl)c2)[C@@H](C)C(=O)NC2CCCC2)c2cc(Cl)ccc2Cl)cc1. The number of carbonyl (C=O) groups is 2. The van der Waals surface area contributed by atoms with Gasteiger partial charge in [0.1, 0.15) is 12.6 Å². The van der Waals surface area contributed by atoms with Crippen LogP contribution in [0.15, 0.2) is 71.6 Å². The fourth-order valence-electron chi connectivity index (χ4n) is 4.83. The molecule has 218 valence electrons. The van der Waals surface area contributed by atoms with Crippen LogP contribution in [-0.4, -0.2) is 43.8 Å². The standard InChI is InChI=1S/C30H32Cl3N3O4S/c1-20-10-13-26(14-11-20)41(39,40)36(28-17-24(32)12-15-27(28)33)19-29(37)35(18-22-6-5-7-23(31)16-22)21(2)30(38)34-25-8-3-4-9-25/h5-7,10-17,21,25H,3-4,8-9,18-19H2,1-2H3,(H,34,38)/t21-/m0/s1. The largest absolute Gasteiger partial charge is 0.352 e. The lowest BCUT2D eigenvalue weighted by molar-refractivity contribution is -0.139. The van der Waals surface area contributed by atoms with Gasteiger partial charge >= 0.3 is 0 Å². The minimum Gasteiger partial charge on any atom is -0.352 e. The molecular weight excluding hydrogens is 605 g/mol. The van der Waals surface area contributed by atoms with Crippen molar-refractivity contribution in [2.75, 3.05) is 10.8 Å². The van der Waals surface area contributed by atoms with E-state index in [9.17, 15) is 18.0 Å². The van der Waals surface area contributed by atoms with Crippen LogP contribution in [0.5, 0.6) is 0 Å². The van der Waals surface area contributed by atoms with Crippen LogP contribution in [0.4, 0.5) is 5.69 Å². The second kappa shape index (κ2) is 13.5. The van der Waals surface area contributed by atoms with Gasteiger partial charge in [0.25, 0.3) is 10.0 Å². The number of nitrogens with one attached hydrogen (secondary N) is 1. The van der Waals surface area contributed by atoms with Gasteiger partial charge in [0.15, 0.2) is 0 Å². The van der Waals surface area contributed by atoms with Crippen molar-refractivity contribution in [3.63, 3.8) is 0 Å². The Morgan fingerprint density at radius 3 is 2.27 bits per heavy atom. The number of carbonyl (C=O) groups excluding carboxylic acids is 2. The first-order valence-corrected chi connectivity index (χ1v) is 15.9. The summed E-state index contributed by atoms with van der Waals surface area (Å²) in [5.74, 6) is -0.896. The van der Waals surface area contributed by atoms with E-state index in [1.54, 1.807) is 43.3 Å². The van der Waals surface area contributed by atoms with Gasteiger partial charge in [0.2, 0.25) is 11.8 Å². The van der Waals surface area contributed by atoms with Crippen LogP contribution in [0.25, 0.3) is 0 Å². The van der Waals surface area contributed by atoms with Crippen molar-refractivity contribution < 1.29 is 18.0 Å². The summed E-state index contributed by atoms with van der Waals surface area (Å²) in [5.41, 5.74) is 1.63. The van der Waals surface area contributed by atoms with Crippen molar-refractivity contribution in [3.05, 3.63) is 92.9 Å². The predicted octanol–water partition coefficient (Wildman–Crippen LogP) is 6.63. The molecule has 0 unspecified atom stereocenters. The third-order valence-corrected chi connectivity index (χ3v) is 9.74. The van der Waals surface area contributed by atoms with Crippen molar-refractivity contribution in [2.24, 2.45) is 0 Å². The molecule has 0 saturated heterocycles. The van der Waals surface area contributed by atoms with Gasteiger partial charge in [-0.2, -0.15) is 0 Å². The van der Waals surface area contributed by atoms with Crippen molar-refractivity contribution in [1.82, 2.24) is 10.2 Å². The van der Waals surface area contributed by atoms with E-state index in [1.165, 1.54) is 35.2 Å². The van der Waals surface area contributed by atoms with Crippen molar-refractivity contribution in [2.45, 2.75) is 63.1 Å². The first kappa shape index (κ1) is 31.2. The normalized spacial score (nSPS) is 14.5. The molecule has 7 nitrogen and oxygen atoms in total. The second-order valence-electron chi connectivity index (χ2n) is 10.2. The summed E-state index contributed by atoms with van der Waals surface area (Å²) in [5, 5.41) is 3.88. The number of nitrogens with zero attached hydrogens (tertiary/aromatic N) is 2. The van der Waals surface area contributed by atoms with Gasteiger partial charge in [-0.1, -0.05) is 77.5 Å². The molecule has 1 saturated carbocycles. The number of hydrogen-bond donors (Lipinski definition) is 1. The van der Waals surface area contributed by atoms with Gasteiger partial charge in [-0.3, -0.25) is 13.9 Å². The monoisotopic (exact) mass is 635 g/mol. The average molecular weight is 637 g/mol. The number of benzene rings is 3. The van der Waals surface area contributed by atoms with Crippen LogP contribution in [0.1, 0.15) is 43.7 Å². The Morgan fingerprint density at radius 1 is 0.951 bits per heavy atom. The van der Waals surface area contributed by atoms with Gasteiger partial charge in [-0.05, 0) is 74.7 Å². The zero-order valence-electron chi connectivity index (χ0n) is 22.8. The predicted molar refractivity (Wildman–Crippen MR) is 164 cm³/mol. The molecular formula is C30H32Cl3N3O4S. The van der Waals surface area contributed by atoms with E-state index in [0.717, 1.165) is 35.6 Å². The Morgan fingerprint density at radius 2 is 1.61 bits per heavy atom. The number of aryl methyl sites for hydroxylation is 1. The molecule has 1 fully saturated rings. The summed E-state index contributed by atoms with van der Waals surface area (Å²) in [4.78, 5) is 28.7. The number of sulfonamides is 1. The summed E-state index contributed by atoms with van der Waals surface area (Å²) in [6.45, 7) is 2.91. The molecule has 1 atom stereocenters.